The number of nitrogens with two attached hydrogens (primary N) is 1. The molecule has 0 spiro atoms. The summed E-state index contributed by atoms with van der Waals surface area (Å²) in [6.45, 7) is 0. The van der Waals surface area contributed by atoms with Gasteiger partial charge in [-0.05, 0) is 30.3 Å². The predicted octanol–water partition coefficient (Wildman–Crippen LogP) is 2.15. The van der Waals surface area contributed by atoms with E-state index in [2.05, 4.69) is 4.98 Å². The number of carbonyl (C=O) groups is 1. The Balaban J connectivity index is 2.32. The van der Waals surface area contributed by atoms with Crippen LogP contribution in [0.15, 0.2) is 42.7 Å². The number of anilines is 1. The summed E-state index contributed by atoms with van der Waals surface area (Å²) in [7, 11) is 0. The number of aromatic nitrogens is 1. The highest BCUT2D eigenvalue weighted by Crippen LogP contribution is 2.27. The zero-order valence-electron chi connectivity index (χ0n) is 8.83. The number of pyridine rings is 1. The summed E-state index contributed by atoms with van der Waals surface area (Å²) in [5.41, 5.74) is 6.20. The van der Waals surface area contributed by atoms with E-state index in [4.69, 9.17) is 15.6 Å². The topological polar surface area (TPSA) is 85.4 Å². The molecule has 0 bridgehead atoms. The average molecular weight is 230 g/mol. The van der Waals surface area contributed by atoms with Crippen molar-refractivity contribution in [3.63, 3.8) is 0 Å². The number of hydrogen-bond acceptors (Lipinski definition) is 4. The highest BCUT2D eigenvalue weighted by atomic mass is 16.5. The lowest BCUT2D eigenvalue weighted by atomic mass is 10.2. The lowest BCUT2D eigenvalue weighted by molar-refractivity contribution is 0.0696. The van der Waals surface area contributed by atoms with Crippen LogP contribution in [0.5, 0.6) is 11.5 Å². The zero-order valence-corrected chi connectivity index (χ0v) is 8.83. The van der Waals surface area contributed by atoms with E-state index >= 15 is 0 Å². The Morgan fingerprint density at radius 3 is 2.82 bits per heavy atom. The molecular formula is C12H10N2O3. The Kier molecular flexibility index (Phi) is 2.91. The van der Waals surface area contributed by atoms with Crippen molar-refractivity contribution in [1.29, 1.82) is 0 Å². The highest BCUT2D eigenvalue weighted by Gasteiger charge is 2.08. The third kappa shape index (κ3) is 2.52. The molecule has 0 aliphatic heterocycles. The first-order chi connectivity index (χ1) is 8.16. The van der Waals surface area contributed by atoms with Crippen LogP contribution in [0.25, 0.3) is 0 Å². The SMILES string of the molecule is Nc1ccc(C(=O)O)cc1Oc1cccnc1. The van der Waals surface area contributed by atoms with E-state index in [0.29, 0.717) is 17.2 Å². The van der Waals surface area contributed by atoms with Crippen molar-refractivity contribution in [3.05, 3.63) is 48.3 Å². The van der Waals surface area contributed by atoms with Crippen LogP contribution in [-0.4, -0.2) is 16.1 Å². The lowest BCUT2D eigenvalue weighted by Crippen LogP contribution is -1.99. The quantitative estimate of drug-likeness (QED) is 0.789. The van der Waals surface area contributed by atoms with E-state index < -0.39 is 5.97 Å². The molecule has 17 heavy (non-hydrogen) atoms. The summed E-state index contributed by atoms with van der Waals surface area (Å²) in [5, 5.41) is 8.86. The van der Waals surface area contributed by atoms with Crippen LogP contribution in [0.3, 0.4) is 0 Å². The van der Waals surface area contributed by atoms with Gasteiger partial charge < -0.3 is 15.6 Å². The molecule has 1 aromatic heterocycles. The van der Waals surface area contributed by atoms with Crippen LogP contribution in [0.2, 0.25) is 0 Å². The summed E-state index contributed by atoms with van der Waals surface area (Å²) in [5.74, 6) is -0.222. The maximum absolute atomic E-state index is 10.8. The number of carboxylic acid groups (broad SMARTS) is 1. The minimum atomic E-state index is -1.03. The van der Waals surface area contributed by atoms with Gasteiger partial charge >= 0.3 is 5.97 Å². The predicted molar refractivity (Wildman–Crippen MR) is 62.1 cm³/mol. The van der Waals surface area contributed by atoms with Crippen LogP contribution >= 0.6 is 0 Å². The van der Waals surface area contributed by atoms with Gasteiger partial charge in [0, 0.05) is 6.20 Å². The van der Waals surface area contributed by atoms with Gasteiger partial charge in [-0.25, -0.2) is 4.79 Å². The molecule has 1 aromatic carbocycles. The Morgan fingerprint density at radius 1 is 1.35 bits per heavy atom. The van der Waals surface area contributed by atoms with E-state index in [-0.39, 0.29) is 5.56 Å². The second kappa shape index (κ2) is 4.52. The minimum absolute atomic E-state index is 0.123. The number of ether oxygens (including phenoxy) is 1. The van der Waals surface area contributed by atoms with Crippen molar-refractivity contribution in [2.45, 2.75) is 0 Å². The van der Waals surface area contributed by atoms with Crippen LogP contribution in [0, 0.1) is 0 Å². The minimum Gasteiger partial charge on any atom is -0.478 e. The molecule has 0 amide bonds. The van der Waals surface area contributed by atoms with Gasteiger partial charge in [-0.1, -0.05) is 0 Å². The molecule has 0 atom stereocenters. The monoisotopic (exact) mass is 230 g/mol. The molecule has 2 rings (SSSR count). The summed E-state index contributed by atoms with van der Waals surface area (Å²) in [6.07, 6.45) is 3.14. The van der Waals surface area contributed by atoms with E-state index in [9.17, 15) is 4.79 Å². The smallest absolute Gasteiger partial charge is 0.335 e. The standard InChI is InChI=1S/C12H10N2O3/c13-10-4-3-8(12(15)16)6-11(10)17-9-2-1-5-14-7-9/h1-7H,13H2,(H,15,16). The van der Waals surface area contributed by atoms with Crippen molar-refractivity contribution < 1.29 is 14.6 Å². The average Bonchev–Trinajstić information content (AvgIpc) is 2.33. The fourth-order valence-corrected chi connectivity index (χ4v) is 1.29. The second-order valence-corrected chi connectivity index (χ2v) is 3.35. The van der Waals surface area contributed by atoms with E-state index in [0.717, 1.165) is 0 Å². The Labute approximate surface area is 97.5 Å². The number of hydrogen-bond donors (Lipinski definition) is 2. The van der Waals surface area contributed by atoms with Gasteiger partial charge in [-0.3, -0.25) is 4.98 Å². The fourth-order valence-electron chi connectivity index (χ4n) is 1.29. The molecule has 0 aliphatic carbocycles. The first-order valence-electron chi connectivity index (χ1n) is 4.87. The number of rotatable bonds is 3. The van der Waals surface area contributed by atoms with Gasteiger partial charge in [-0.2, -0.15) is 0 Å². The molecule has 0 unspecified atom stereocenters. The van der Waals surface area contributed by atoms with E-state index in [1.165, 1.54) is 24.4 Å². The van der Waals surface area contributed by atoms with Crippen LogP contribution in [0.4, 0.5) is 5.69 Å². The highest BCUT2D eigenvalue weighted by molar-refractivity contribution is 5.89. The van der Waals surface area contributed by atoms with Gasteiger partial charge in [0.25, 0.3) is 0 Å². The van der Waals surface area contributed by atoms with E-state index in [1.807, 2.05) is 0 Å². The number of benzene rings is 1. The third-order valence-electron chi connectivity index (χ3n) is 2.12. The molecule has 5 nitrogen and oxygen atoms in total. The molecule has 86 valence electrons. The number of aromatic carboxylic acids is 1. The van der Waals surface area contributed by atoms with Crippen LogP contribution < -0.4 is 10.5 Å². The maximum Gasteiger partial charge on any atom is 0.335 e. The van der Waals surface area contributed by atoms with Gasteiger partial charge in [0.15, 0.2) is 5.75 Å². The normalized spacial score (nSPS) is 9.88. The summed E-state index contributed by atoms with van der Waals surface area (Å²) in [4.78, 5) is 14.7. The summed E-state index contributed by atoms with van der Waals surface area (Å²) < 4.78 is 5.45. The second-order valence-electron chi connectivity index (χ2n) is 3.35. The first kappa shape index (κ1) is 10.9. The molecule has 0 aliphatic rings. The lowest BCUT2D eigenvalue weighted by Gasteiger charge is -2.08. The van der Waals surface area contributed by atoms with E-state index in [1.54, 1.807) is 18.3 Å². The van der Waals surface area contributed by atoms with Crippen molar-refractivity contribution in [1.82, 2.24) is 4.98 Å². The fraction of sp³-hybridized carbons (Fsp3) is 0. The van der Waals surface area contributed by atoms with Gasteiger partial charge in [-0.15, -0.1) is 0 Å². The molecule has 1 heterocycles. The summed E-state index contributed by atoms with van der Waals surface area (Å²) >= 11 is 0. The first-order valence-corrected chi connectivity index (χ1v) is 4.87. The molecule has 0 radical (unpaired) electrons. The Morgan fingerprint density at radius 2 is 2.18 bits per heavy atom. The molecule has 3 N–H and O–H groups in total. The number of carboxylic acids is 1. The van der Waals surface area contributed by atoms with Crippen molar-refractivity contribution >= 4 is 11.7 Å². The van der Waals surface area contributed by atoms with Gasteiger partial charge in [0.2, 0.25) is 0 Å². The van der Waals surface area contributed by atoms with Crippen molar-refractivity contribution in [3.8, 4) is 11.5 Å². The Hall–Kier alpha value is -2.56. The van der Waals surface area contributed by atoms with Crippen molar-refractivity contribution in [2.75, 3.05) is 5.73 Å². The molecular weight excluding hydrogens is 220 g/mol. The molecule has 5 heteroatoms. The number of nitrogens with zero attached hydrogens (tertiary/aromatic N) is 1. The largest absolute Gasteiger partial charge is 0.478 e. The molecule has 2 aromatic rings. The van der Waals surface area contributed by atoms with Gasteiger partial charge in [0.05, 0.1) is 17.4 Å². The zero-order chi connectivity index (χ0) is 12.3. The maximum atomic E-state index is 10.8. The van der Waals surface area contributed by atoms with Crippen molar-refractivity contribution in [2.24, 2.45) is 0 Å². The molecule has 0 fully saturated rings. The Bertz CT molecular complexity index is 541. The summed E-state index contributed by atoms with van der Waals surface area (Å²) in [6, 6.07) is 7.72. The third-order valence-corrected chi connectivity index (χ3v) is 2.12. The van der Waals surface area contributed by atoms with Crippen LogP contribution in [-0.2, 0) is 0 Å². The molecule has 0 saturated carbocycles. The van der Waals surface area contributed by atoms with Crippen LogP contribution in [0.1, 0.15) is 10.4 Å². The number of nitrogen functional groups attached to an aromatic ring is 1. The molecule has 0 saturated heterocycles. The van der Waals surface area contributed by atoms with Gasteiger partial charge in [0.1, 0.15) is 5.75 Å².